The first-order valence-electron chi connectivity index (χ1n) is 12.1. The van der Waals surface area contributed by atoms with Crippen LogP contribution < -0.4 is 5.56 Å². The molecule has 1 saturated carbocycles. The first-order chi connectivity index (χ1) is 18.3. The Morgan fingerprint density at radius 3 is 2.42 bits per heavy atom. The van der Waals surface area contributed by atoms with Crippen molar-refractivity contribution in [3.8, 4) is 17.0 Å². The van der Waals surface area contributed by atoms with Crippen molar-refractivity contribution in [2.75, 3.05) is 13.7 Å². The quantitative estimate of drug-likeness (QED) is 0.342. The van der Waals surface area contributed by atoms with Gasteiger partial charge in [0.25, 0.3) is 5.56 Å². The number of rotatable bonds is 9. The number of halogens is 1. The van der Waals surface area contributed by atoms with Gasteiger partial charge in [-0.15, -0.1) is 0 Å². The Morgan fingerprint density at radius 1 is 1.08 bits per heavy atom. The molecule has 1 atom stereocenters. The molecular formula is C28H26FN3O5S. The molecule has 1 unspecified atom stereocenters. The van der Waals surface area contributed by atoms with Gasteiger partial charge in [0.15, 0.2) is 4.90 Å². The van der Waals surface area contributed by atoms with Gasteiger partial charge in [-0.1, -0.05) is 42.5 Å². The summed E-state index contributed by atoms with van der Waals surface area (Å²) in [6.07, 6.45) is 4.92. The average molecular weight is 536 g/mol. The summed E-state index contributed by atoms with van der Waals surface area (Å²) in [6.45, 7) is 0.121. The van der Waals surface area contributed by atoms with Gasteiger partial charge in [-0.2, -0.15) is 4.98 Å². The van der Waals surface area contributed by atoms with Crippen molar-refractivity contribution < 1.29 is 22.7 Å². The Kier molecular flexibility index (Phi) is 7.09. The van der Waals surface area contributed by atoms with Gasteiger partial charge in [0.05, 0.1) is 23.7 Å². The zero-order valence-electron chi connectivity index (χ0n) is 20.6. The van der Waals surface area contributed by atoms with E-state index in [1.807, 2.05) is 30.3 Å². The molecule has 0 aliphatic heterocycles. The Bertz CT molecular complexity index is 1620. The topological polar surface area (TPSA) is 111 Å². The molecule has 2 heterocycles. The van der Waals surface area contributed by atoms with Crippen LogP contribution in [0.1, 0.15) is 30.3 Å². The molecule has 1 N–H and O–H groups in total. The van der Waals surface area contributed by atoms with E-state index in [4.69, 9.17) is 4.74 Å². The molecule has 4 aromatic rings. The smallest absolute Gasteiger partial charge is 0.296 e. The summed E-state index contributed by atoms with van der Waals surface area (Å²) < 4.78 is 47.8. The van der Waals surface area contributed by atoms with Crippen LogP contribution in [0.2, 0.25) is 0 Å². The first-order valence-corrected chi connectivity index (χ1v) is 13.6. The lowest BCUT2D eigenvalue weighted by Gasteiger charge is -2.25. The molecule has 38 heavy (non-hydrogen) atoms. The normalized spacial score (nSPS) is 14.4. The van der Waals surface area contributed by atoms with E-state index < -0.39 is 38.0 Å². The van der Waals surface area contributed by atoms with Crippen LogP contribution in [0.4, 0.5) is 4.39 Å². The van der Waals surface area contributed by atoms with E-state index in [9.17, 15) is 22.7 Å². The second kappa shape index (κ2) is 10.5. The van der Waals surface area contributed by atoms with E-state index in [0.717, 1.165) is 24.6 Å². The fourth-order valence-corrected chi connectivity index (χ4v) is 5.85. The van der Waals surface area contributed by atoms with Crippen molar-refractivity contribution in [1.82, 2.24) is 14.5 Å². The Morgan fingerprint density at radius 2 is 1.79 bits per heavy atom. The zero-order valence-corrected chi connectivity index (χ0v) is 21.4. The molecule has 196 valence electrons. The molecule has 0 bridgehead atoms. The van der Waals surface area contributed by atoms with Gasteiger partial charge < -0.3 is 9.84 Å². The van der Waals surface area contributed by atoms with Crippen LogP contribution in [0.25, 0.3) is 11.1 Å². The van der Waals surface area contributed by atoms with E-state index in [2.05, 4.69) is 9.97 Å². The fraction of sp³-hybridized carbons (Fsp3) is 0.250. The van der Waals surface area contributed by atoms with Crippen molar-refractivity contribution in [3.05, 3.63) is 101 Å². The van der Waals surface area contributed by atoms with Crippen LogP contribution in [0, 0.1) is 11.7 Å². The van der Waals surface area contributed by atoms with E-state index in [-0.39, 0.29) is 11.5 Å². The van der Waals surface area contributed by atoms with Crippen LogP contribution in [-0.4, -0.2) is 41.8 Å². The molecule has 2 aromatic carbocycles. The molecule has 1 aliphatic rings. The second-order valence-corrected chi connectivity index (χ2v) is 11.2. The summed E-state index contributed by atoms with van der Waals surface area (Å²) in [4.78, 5) is 20.1. The first kappa shape index (κ1) is 25.7. The monoisotopic (exact) mass is 535 g/mol. The lowest BCUT2D eigenvalue weighted by molar-refractivity contribution is 0.161. The molecule has 0 spiro atoms. The molecule has 2 aromatic heterocycles. The lowest BCUT2D eigenvalue weighted by Crippen LogP contribution is -2.29. The Balaban J connectivity index is 1.63. The SMILES string of the molecule is COCC(c1ccccc1)n1c(CC2CC2)nc(=O)c(S(=O)(=O)c2ccc(-c3cncc(F)c3)cc2)c1O. The maximum atomic E-state index is 13.7. The van der Waals surface area contributed by atoms with Crippen molar-refractivity contribution in [2.45, 2.75) is 35.1 Å². The molecule has 5 rings (SSSR count). The minimum absolute atomic E-state index is 0.121. The highest BCUT2D eigenvalue weighted by atomic mass is 32.2. The minimum atomic E-state index is -4.47. The predicted molar refractivity (Wildman–Crippen MR) is 138 cm³/mol. The van der Waals surface area contributed by atoms with Gasteiger partial charge in [0.1, 0.15) is 11.6 Å². The highest BCUT2D eigenvalue weighted by Crippen LogP contribution is 2.36. The number of methoxy groups -OCH3 is 1. The van der Waals surface area contributed by atoms with E-state index in [1.165, 1.54) is 48.2 Å². The summed E-state index contributed by atoms with van der Waals surface area (Å²) in [7, 11) is -2.96. The zero-order chi connectivity index (χ0) is 26.9. The highest BCUT2D eigenvalue weighted by molar-refractivity contribution is 7.91. The molecule has 8 nitrogen and oxygen atoms in total. The van der Waals surface area contributed by atoms with Crippen molar-refractivity contribution in [1.29, 1.82) is 0 Å². The largest absolute Gasteiger partial charge is 0.493 e. The minimum Gasteiger partial charge on any atom is -0.493 e. The summed E-state index contributed by atoms with van der Waals surface area (Å²) in [5.41, 5.74) is 0.760. The van der Waals surface area contributed by atoms with Gasteiger partial charge in [-0.3, -0.25) is 14.3 Å². The number of pyridine rings is 1. The van der Waals surface area contributed by atoms with Gasteiger partial charge in [0, 0.05) is 25.3 Å². The highest BCUT2D eigenvalue weighted by Gasteiger charge is 2.34. The summed E-state index contributed by atoms with van der Waals surface area (Å²) in [5, 5.41) is 11.4. The molecular weight excluding hydrogens is 509 g/mol. The molecule has 0 amide bonds. The molecule has 10 heteroatoms. The second-order valence-electron chi connectivity index (χ2n) is 9.30. The number of aromatic nitrogens is 3. The fourth-order valence-electron chi connectivity index (χ4n) is 4.50. The number of nitrogens with zero attached hydrogens (tertiary/aromatic N) is 3. The molecule has 0 radical (unpaired) electrons. The van der Waals surface area contributed by atoms with E-state index >= 15 is 0 Å². The van der Waals surface area contributed by atoms with Gasteiger partial charge >= 0.3 is 0 Å². The van der Waals surface area contributed by atoms with Gasteiger partial charge in [-0.05, 0) is 48.1 Å². The number of benzene rings is 2. The number of aromatic hydroxyl groups is 1. The van der Waals surface area contributed by atoms with E-state index in [0.29, 0.717) is 29.3 Å². The Hall–Kier alpha value is -3.89. The third-order valence-corrected chi connectivity index (χ3v) is 8.38. The van der Waals surface area contributed by atoms with Crippen LogP contribution in [0.15, 0.2) is 87.6 Å². The van der Waals surface area contributed by atoms with Gasteiger partial charge in [-0.25, -0.2) is 12.8 Å². The average Bonchev–Trinajstić information content (AvgIpc) is 3.72. The summed E-state index contributed by atoms with van der Waals surface area (Å²) >= 11 is 0. The summed E-state index contributed by atoms with van der Waals surface area (Å²) in [5.74, 6) is -0.566. The maximum Gasteiger partial charge on any atom is 0.296 e. The van der Waals surface area contributed by atoms with Crippen molar-refractivity contribution in [2.24, 2.45) is 5.92 Å². The molecule has 0 saturated heterocycles. The maximum absolute atomic E-state index is 13.7. The third kappa shape index (κ3) is 5.09. The van der Waals surface area contributed by atoms with E-state index in [1.54, 1.807) is 0 Å². The van der Waals surface area contributed by atoms with Gasteiger partial charge in [0.2, 0.25) is 15.7 Å². The molecule has 1 aliphatic carbocycles. The van der Waals surface area contributed by atoms with Crippen molar-refractivity contribution >= 4 is 9.84 Å². The Labute approximate surface area is 219 Å². The van der Waals surface area contributed by atoms with Crippen LogP contribution >= 0.6 is 0 Å². The third-order valence-electron chi connectivity index (χ3n) is 6.59. The van der Waals surface area contributed by atoms with Crippen molar-refractivity contribution in [3.63, 3.8) is 0 Å². The number of hydrogen-bond donors (Lipinski definition) is 1. The van der Waals surface area contributed by atoms with Crippen LogP contribution in [0.5, 0.6) is 5.88 Å². The lowest BCUT2D eigenvalue weighted by atomic mass is 10.1. The number of sulfone groups is 1. The molecule has 1 fully saturated rings. The predicted octanol–water partition coefficient (Wildman–Crippen LogP) is 4.17. The number of ether oxygens (including phenoxy) is 1. The van der Waals surface area contributed by atoms with Crippen LogP contribution in [-0.2, 0) is 21.0 Å². The summed E-state index contributed by atoms with van der Waals surface area (Å²) in [6, 6.07) is 15.5. The van der Waals surface area contributed by atoms with Crippen LogP contribution in [0.3, 0.4) is 0 Å². The standard InChI is InChI=1S/C28H26FN3O5S/c1-37-17-24(20-5-3-2-4-6-20)32-25(13-18-7-8-18)31-27(33)26(28(32)34)38(35,36)23-11-9-19(10-12-23)21-14-22(29)16-30-15-21/h2-6,9-12,14-16,18,24,34H,7-8,13,17H2,1H3. The number of hydrogen-bond acceptors (Lipinski definition) is 7.